The third-order valence-corrected chi connectivity index (χ3v) is 3.66. The molecule has 1 atom stereocenters. The first-order chi connectivity index (χ1) is 12.5. The molecule has 138 valence electrons. The molecule has 1 aromatic carbocycles. The molecule has 0 spiro atoms. The second-order valence-corrected chi connectivity index (χ2v) is 5.54. The van der Waals surface area contributed by atoms with Gasteiger partial charge in [0.1, 0.15) is 12.4 Å². The highest BCUT2D eigenvalue weighted by atomic mass is 19.1. The van der Waals surface area contributed by atoms with Gasteiger partial charge in [0, 0.05) is 6.20 Å². The Kier molecular flexibility index (Phi) is 7.14. The summed E-state index contributed by atoms with van der Waals surface area (Å²) >= 11 is 0. The number of aryl methyl sites for hydroxylation is 1. The molecule has 0 saturated carbocycles. The van der Waals surface area contributed by atoms with Gasteiger partial charge in [-0.1, -0.05) is 25.1 Å². The number of carbonyl (C=O) groups is 1. The van der Waals surface area contributed by atoms with Crippen molar-refractivity contribution in [3.8, 4) is 5.75 Å². The van der Waals surface area contributed by atoms with Gasteiger partial charge in [-0.2, -0.15) is 0 Å². The number of halogens is 1. The molecule has 26 heavy (non-hydrogen) atoms. The fourth-order valence-electron chi connectivity index (χ4n) is 2.22. The van der Waals surface area contributed by atoms with Crippen molar-refractivity contribution in [2.24, 2.45) is 0 Å². The number of ether oxygens (including phenoxy) is 2. The van der Waals surface area contributed by atoms with E-state index in [2.05, 4.69) is 4.98 Å². The first kappa shape index (κ1) is 19.4. The molecule has 0 unspecified atom stereocenters. The van der Waals surface area contributed by atoms with E-state index in [-0.39, 0.29) is 19.0 Å². The van der Waals surface area contributed by atoms with E-state index in [1.807, 2.05) is 13.0 Å². The van der Waals surface area contributed by atoms with Gasteiger partial charge in [-0.05, 0) is 48.7 Å². The molecule has 2 rings (SSSR count). The second kappa shape index (κ2) is 9.56. The van der Waals surface area contributed by atoms with Gasteiger partial charge in [0.15, 0.2) is 6.17 Å². The average Bonchev–Trinajstić information content (AvgIpc) is 2.66. The Morgan fingerprint density at radius 1 is 1.23 bits per heavy atom. The van der Waals surface area contributed by atoms with Crippen LogP contribution in [-0.2, 0) is 16.0 Å². The molecule has 5 nitrogen and oxygen atoms in total. The topological polar surface area (TPSA) is 68.7 Å². The number of pyridine rings is 1. The maximum absolute atomic E-state index is 14.2. The number of aromatic nitrogens is 1. The fraction of sp³-hybridized carbons (Fsp3) is 0.300. The van der Waals surface area contributed by atoms with Crippen molar-refractivity contribution in [3.05, 3.63) is 65.2 Å². The van der Waals surface area contributed by atoms with E-state index in [0.717, 1.165) is 12.0 Å². The van der Waals surface area contributed by atoms with E-state index >= 15 is 0 Å². The maximum Gasteiger partial charge on any atom is 0.371 e. The zero-order valence-electron chi connectivity index (χ0n) is 14.8. The van der Waals surface area contributed by atoms with E-state index < -0.39 is 12.1 Å². The average molecular weight is 359 g/mol. The van der Waals surface area contributed by atoms with Gasteiger partial charge in [-0.25, -0.2) is 9.18 Å². The lowest BCUT2D eigenvalue weighted by molar-refractivity contribution is -0.136. The Bertz CT molecular complexity index is 741. The number of aliphatic carboxylic acids is 1. The van der Waals surface area contributed by atoms with Crippen LogP contribution in [0.25, 0.3) is 6.08 Å². The lowest BCUT2D eigenvalue weighted by atomic mass is 10.2. The summed E-state index contributed by atoms with van der Waals surface area (Å²) in [5, 5.41) is 9.04. The van der Waals surface area contributed by atoms with Crippen LogP contribution in [0.2, 0.25) is 0 Å². The summed E-state index contributed by atoms with van der Waals surface area (Å²) in [6.07, 6.45) is 2.62. The summed E-state index contributed by atoms with van der Waals surface area (Å²) in [4.78, 5) is 15.2. The molecule has 0 radical (unpaired) electrons. The number of benzene rings is 1. The van der Waals surface area contributed by atoms with Crippen LogP contribution in [0.15, 0.2) is 48.4 Å². The molecule has 1 N–H and O–H groups in total. The van der Waals surface area contributed by atoms with Crippen LogP contribution in [0.5, 0.6) is 5.75 Å². The minimum Gasteiger partial charge on any atom is -0.490 e. The van der Waals surface area contributed by atoms with Crippen molar-refractivity contribution in [1.82, 2.24) is 4.98 Å². The normalized spacial score (nSPS) is 12.5. The Labute approximate surface area is 152 Å². The summed E-state index contributed by atoms with van der Waals surface area (Å²) in [5.74, 6) is -0.774. The zero-order chi connectivity index (χ0) is 18.9. The summed E-state index contributed by atoms with van der Waals surface area (Å²) in [6, 6.07) is 10.2. The summed E-state index contributed by atoms with van der Waals surface area (Å²) in [6.45, 7) is 3.85. The van der Waals surface area contributed by atoms with Crippen molar-refractivity contribution >= 4 is 12.0 Å². The number of alkyl halides is 1. The van der Waals surface area contributed by atoms with Crippen LogP contribution in [0.3, 0.4) is 0 Å². The van der Waals surface area contributed by atoms with Gasteiger partial charge in [0.25, 0.3) is 0 Å². The summed E-state index contributed by atoms with van der Waals surface area (Å²) in [7, 11) is 0. The van der Waals surface area contributed by atoms with E-state index in [1.165, 1.54) is 6.08 Å². The van der Waals surface area contributed by atoms with Gasteiger partial charge in [0.2, 0.25) is 5.76 Å². The van der Waals surface area contributed by atoms with Crippen molar-refractivity contribution < 1.29 is 23.8 Å². The van der Waals surface area contributed by atoms with Crippen LogP contribution in [-0.4, -0.2) is 29.3 Å². The van der Waals surface area contributed by atoms with E-state index in [4.69, 9.17) is 14.6 Å². The lowest BCUT2D eigenvalue weighted by Gasteiger charge is -2.11. The molecule has 0 amide bonds. The molecule has 0 fully saturated rings. The molecular formula is C20H22FNO4. The van der Waals surface area contributed by atoms with Crippen LogP contribution >= 0.6 is 0 Å². The number of rotatable bonds is 9. The number of hydrogen-bond acceptors (Lipinski definition) is 4. The number of hydrogen-bond donors (Lipinski definition) is 1. The molecule has 1 heterocycles. The highest BCUT2D eigenvalue weighted by Gasteiger charge is 2.12. The van der Waals surface area contributed by atoms with Crippen LogP contribution in [0.1, 0.15) is 36.8 Å². The van der Waals surface area contributed by atoms with E-state index in [9.17, 15) is 9.18 Å². The first-order valence-corrected chi connectivity index (χ1v) is 8.43. The number of carboxylic acids is 1. The van der Waals surface area contributed by atoms with Crippen molar-refractivity contribution in [1.29, 1.82) is 0 Å². The molecule has 0 bridgehead atoms. The minimum absolute atomic E-state index is 0.133. The van der Waals surface area contributed by atoms with Crippen molar-refractivity contribution in [3.63, 3.8) is 0 Å². The Morgan fingerprint density at radius 3 is 2.50 bits per heavy atom. The quantitative estimate of drug-likeness (QED) is 0.537. The monoisotopic (exact) mass is 359 g/mol. The first-order valence-electron chi connectivity index (χ1n) is 8.43. The Balaban J connectivity index is 1.96. The fourth-order valence-corrected chi connectivity index (χ4v) is 2.22. The van der Waals surface area contributed by atoms with E-state index in [1.54, 1.807) is 43.5 Å². The second-order valence-electron chi connectivity index (χ2n) is 5.54. The molecule has 0 aliphatic carbocycles. The third-order valence-electron chi connectivity index (χ3n) is 3.66. The summed E-state index contributed by atoms with van der Waals surface area (Å²) in [5.41, 5.74) is 2.04. The molecule has 1 aromatic heterocycles. The highest BCUT2D eigenvalue weighted by molar-refractivity contribution is 5.89. The Morgan fingerprint density at radius 2 is 1.96 bits per heavy atom. The number of carboxylic acid groups (broad SMARTS) is 1. The smallest absolute Gasteiger partial charge is 0.371 e. The minimum atomic E-state index is -1.32. The largest absolute Gasteiger partial charge is 0.490 e. The van der Waals surface area contributed by atoms with Gasteiger partial charge >= 0.3 is 5.97 Å². The van der Waals surface area contributed by atoms with Crippen LogP contribution < -0.4 is 4.74 Å². The lowest BCUT2D eigenvalue weighted by Crippen LogP contribution is -2.07. The molecule has 0 aliphatic heterocycles. The van der Waals surface area contributed by atoms with Gasteiger partial charge < -0.3 is 14.6 Å². The number of nitrogens with zero attached hydrogens (tertiary/aromatic N) is 1. The molecule has 6 heteroatoms. The van der Waals surface area contributed by atoms with Crippen molar-refractivity contribution in [2.45, 2.75) is 26.4 Å². The van der Waals surface area contributed by atoms with Crippen LogP contribution in [0.4, 0.5) is 4.39 Å². The molecule has 0 saturated heterocycles. The standard InChI is InChI=1S/C20H22FNO4/c1-3-14-7-10-18(22-12-14)17(21)13-26-16-8-5-15(6-9-16)11-19(20(23)24)25-4-2/h5-12,17H,3-4,13H2,1-2H3,(H,23,24)/b19-11-/t17-/m0/s1. The highest BCUT2D eigenvalue weighted by Crippen LogP contribution is 2.20. The SMILES string of the molecule is CCO/C(=C\c1ccc(OC[C@H](F)c2ccc(CC)cn2)cc1)C(=O)O. The van der Waals surface area contributed by atoms with Gasteiger partial charge in [-0.15, -0.1) is 0 Å². The Hall–Kier alpha value is -2.89. The van der Waals surface area contributed by atoms with Gasteiger partial charge in [0.05, 0.1) is 12.3 Å². The predicted molar refractivity (Wildman–Crippen MR) is 96.6 cm³/mol. The summed E-state index contributed by atoms with van der Waals surface area (Å²) < 4.78 is 24.7. The van der Waals surface area contributed by atoms with Gasteiger partial charge in [-0.3, -0.25) is 4.98 Å². The maximum atomic E-state index is 14.2. The molecular weight excluding hydrogens is 337 g/mol. The van der Waals surface area contributed by atoms with Crippen molar-refractivity contribution in [2.75, 3.05) is 13.2 Å². The van der Waals surface area contributed by atoms with E-state index in [0.29, 0.717) is 17.0 Å². The van der Waals surface area contributed by atoms with Crippen LogP contribution in [0, 0.1) is 0 Å². The predicted octanol–water partition coefficient (Wildman–Crippen LogP) is 4.20. The third kappa shape index (κ3) is 5.58. The zero-order valence-corrected chi connectivity index (χ0v) is 14.8. The molecule has 2 aromatic rings. The molecule has 0 aliphatic rings.